The van der Waals surface area contributed by atoms with Crippen LogP contribution in [0.4, 0.5) is 11.4 Å². The predicted molar refractivity (Wildman–Crippen MR) is 74.5 cm³/mol. The number of ether oxygens (including phenoxy) is 1. The topological polar surface area (TPSA) is 84.6 Å². The lowest BCUT2D eigenvalue weighted by atomic mass is 10.1. The molecule has 1 fully saturated rings. The first-order valence-electron chi connectivity index (χ1n) is 6.65. The Morgan fingerprint density at radius 1 is 1.42 bits per heavy atom. The molecule has 0 aromatic heterocycles. The molecule has 0 atom stereocenters. The zero-order chi connectivity index (χ0) is 13.7. The van der Waals surface area contributed by atoms with Gasteiger partial charge in [-0.2, -0.15) is 0 Å². The number of hydrogen-bond acceptors (Lipinski definition) is 4. The third-order valence-electron chi connectivity index (χ3n) is 3.39. The summed E-state index contributed by atoms with van der Waals surface area (Å²) in [5.74, 6) is -0.980. The van der Waals surface area contributed by atoms with E-state index in [1.165, 1.54) is 12.8 Å². The Balaban J connectivity index is 1.86. The van der Waals surface area contributed by atoms with E-state index < -0.39 is 5.97 Å². The molecule has 1 aliphatic carbocycles. The Hall–Kier alpha value is -1.75. The van der Waals surface area contributed by atoms with E-state index in [1.807, 2.05) is 0 Å². The molecule has 104 valence electrons. The largest absolute Gasteiger partial charge is 0.478 e. The van der Waals surface area contributed by atoms with Gasteiger partial charge in [-0.25, -0.2) is 4.79 Å². The molecule has 0 radical (unpaired) electrons. The van der Waals surface area contributed by atoms with Gasteiger partial charge >= 0.3 is 5.97 Å². The van der Waals surface area contributed by atoms with Crippen LogP contribution >= 0.6 is 0 Å². The van der Waals surface area contributed by atoms with E-state index in [1.54, 1.807) is 18.2 Å². The highest BCUT2D eigenvalue weighted by Crippen LogP contribution is 2.24. The number of aromatic carboxylic acids is 1. The van der Waals surface area contributed by atoms with E-state index in [9.17, 15) is 4.79 Å². The lowest BCUT2D eigenvalue weighted by Crippen LogP contribution is -2.17. The fourth-order valence-corrected chi connectivity index (χ4v) is 2.40. The molecule has 2 rings (SSSR count). The fraction of sp³-hybridized carbons (Fsp3) is 0.500. The molecule has 0 aliphatic heterocycles. The van der Waals surface area contributed by atoms with Gasteiger partial charge in [-0.15, -0.1) is 0 Å². The van der Waals surface area contributed by atoms with Gasteiger partial charge in [0.15, 0.2) is 0 Å². The lowest BCUT2D eigenvalue weighted by Gasteiger charge is -2.14. The first kappa shape index (κ1) is 13.7. The Morgan fingerprint density at radius 2 is 2.16 bits per heavy atom. The van der Waals surface area contributed by atoms with Crippen LogP contribution in [0, 0.1) is 0 Å². The quantitative estimate of drug-likeness (QED) is 0.542. The summed E-state index contributed by atoms with van der Waals surface area (Å²) in [6.45, 7) is 1.13. The van der Waals surface area contributed by atoms with E-state index in [-0.39, 0.29) is 5.56 Å². The van der Waals surface area contributed by atoms with Crippen LogP contribution in [-0.2, 0) is 4.74 Å². The van der Waals surface area contributed by atoms with Crippen LogP contribution in [0.15, 0.2) is 18.2 Å². The molecule has 4 N–H and O–H groups in total. The molecule has 0 saturated heterocycles. The maximum absolute atomic E-state index is 11.1. The maximum Gasteiger partial charge on any atom is 0.337 e. The summed E-state index contributed by atoms with van der Waals surface area (Å²) in [4.78, 5) is 11.1. The molecule has 5 nitrogen and oxygen atoms in total. The summed E-state index contributed by atoms with van der Waals surface area (Å²) in [7, 11) is 0. The van der Waals surface area contributed by atoms with Gasteiger partial charge in [-0.3, -0.25) is 0 Å². The van der Waals surface area contributed by atoms with Crippen molar-refractivity contribution in [2.45, 2.75) is 31.8 Å². The molecule has 1 aromatic carbocycles. The molecular formula is C14H20N2O3. The molecule has 0 heterocycles. The standard InChI is InChI=1S/C14H20N2O3/c15-12-7-3-6-11(14(17)18)13(12)16-8-9-19-10-4-1-2-5-10/h3,6-7,10,16H,1-2,4-5,8-9,15H2,(H,17,18). The number of benzene rings is 1. The molecule has 1 saturated carbocycles. The number of hydrogen-bond donors (Lipinski definition) is 3. The van der Waals surface area contributed by atoms with Crippen LogP contribution in [-0.4, -0.2) is 30.3 Å². The second kappa shape index (κ2) is 6.43. The summed E-state index contributed by atoms with van der Waals surface area (Å²) < 4.78 is 5.71. The van der Waals surface area contributed by atoms with Gasteiger partial charge < -0.3 is 20.9 Å². The van der Waals surface area contributed by atoms with Crippen molar-refractivity contribution in [2.24, 2.45) is 0 Å². The smallest absolute Gasteiger partial charge is 0.337 e. The van der Waals surface area contributed by atoms with Crippen molar-refractivity contribution in [3.63, 3.8) is 0 Å². The molecule has 0 unspecified atom stereocenters. The van der Waals surface area contributed by atoms with Crippen LogP contribution < -0.4 is 11.1 Å². The van der Waals surface area contributed by atoms with Crippen molar-refractivity contribution in [1.82, 2.24) is 0 Å². The second-order valence-electron chi connectivity index (χ2n) is 4.78. The minimum absolute atomic E-state index is 0.195. The third kappa shape index (κ3) is 3.61. The minimum atomic E-state index is -0.980. The average Bonchev–Trinajstić information content (AvgIpc) is 2.88. The monoisotopic (exact) mass is 264 g/mol. The summed E-state index contributed by atoms with van der Waals surface area (Å²) >= 11 is 0. The Morgan fingerprint density at radius 3 is 2.84 bits per heavy atom. The second-order valence-corrected chi connectivity index (χ2v) is 4.78. The lowest BCUT2D eigenvalue weighted by molar-refractivity contribution is 0.0656. The number of carboxylic acid groups (broad SMARTS) is 1. The van der Waals surface area contributed by atoms with Gasteiger partial charge in [0.1, 0.15) is 0 Å². The Kier molecular flexibility index (Phi) is 4.63. The van der Waals surface area contributed by atoms with Crippen LogP contribution in [0.25, 0.3) is 0 Å². The SMILES string of the molecule is Nc1cccc(C(=O)O)c1NCCOC1CCCC1. The number of para-hydroxylation sites is 1. The highest BCUT2D eigenvalue weighted by Gasteiger charge is 2.15. The summed E-state index contributed by atoms with van der Waals surface area (Å²) in [5.41, 5.74) is 6.91. The van der Waals surface area contributed by atoms with Crippen molar-refractivity contribution in [2.75, 3.05) is 24.2 Å². The van der Waals surface area contributed by atoms with E-state index in [4.69, 9.17) is 15.6 Å². The summed E-state index contributed by atoms with van der Waals surface area (Å²) in [6, 6.07) is 4.87. The van der Waals surface area contributed by atoms with Gasteiger partial charge in [0.2, 0.25) is 0 Å². The molecule has 19 heavy (non-hydrogen) atoms. The fourth-order valence-electron chi connectivity index (χ4n) is 2.40. The van der Waals surface area contributed by atoms with Crippen LogP contribution in [0.2, 0.25) is 0 Å². The maximum atomic E-state index is 11.1. The van der Waals surface area contributed by atoms with Gasteiger partial charge in [0.05, 0.1) is 29.6 Å². The number of carboxylic acids is 1. The molecule has 0 amide bonds. The highest BCUT2D eigenvalue weighted by atomic mass is 16.5. The number of nitrogen functional groups attached to an aromatic ring is 1. The number of carbonyl (C=O) groups is 1. The normalized spacial score (nSPS) is 15.6. The zero-order valence-electron chi connectivity index (χ0n) is 10.9. The number of rotatable bonds is 6. The van der Waals surface area contributed by atoms with E-state index >= 15 is 0 Å². The average molecular weight is 264 g/mol. The van der Waals surface area contributed by atoms with E-state index in [0.717, 1.165) is 12.8 Å². The van der Waals surface area contributed by atoms with Crippen molar-refractivity contribution < 1.29 is 14.6 Å². The minimum Gasteiger partial charge on any atom is -0.478 e. The van der Waals surface area contributed by atoms with Crippen molar-refractivity contribution >= 4 is 17.3 Å². The molecule has 0 spiro atoms. The Labute approximate surface area is 112 Å². The number of anilines is 2. The highest BCUT2D eigenvalue weighted by molar-refractivity contribution is 5.97. The van der Waals surface area contributed by atoms with Crippen LogP contribution in [0.3, 0.4) is 0 Å². The Bertz CT molecular complexity index is 442. The first-order valence-corrected chi connectivity index (χ1v) is 6.65. The van der Waals surface area contributed by atoms with Crippen molar-refractivity contribution in [3.8, 4) is 0 Å². The van der Waals surface area contributed by atoms with Crippen LogP contribution in [0.5, 0.6) is 0 Å². The van der Waals surface area contributed by atoms with Crippen molar-refractivity contribution in [3.05, 3.63) is 23.8 Å². The van der Waals surface area contributed by atoms with Crippen molar-refractivity contribution in [1.29, 1.82) is 0 Å². The molecule has 0 bridgehead atoms. The third-order valence-corrected chi connectivity index (χ3v) is 3.39. The summed E-state index contributed by atoms with van der Waals surface area (Å²) in [5, 5.41) is 12.1. The van der Waals surface area contributed by atoms with Gasteiger partial charge in [0.25, 0.3) is 0 Å². The number of nitrogens with two attached hydrogens (primary N) is 1. The zero-order valence-corrected chi connectivity index (χ0v) is 10.9. The van der Waals surface area contributed by atoms with Gasteiger partial charge in [0, 0.05) is 6.54 Å². The molecule has 1 aromatic rings. The molecule has 1 aliphatic rings. The summed E-state index contributed by atoms with van der Waals surface area (Å²) in [6.07, 6.45) is 5.12. The van der Waals surface area contributed by atoms with E-state index in [2.05, 4.69) is 5.32 Å². The number of nitrogens with one attached hydrogen (secondary N) is 1. The van der Waals surface area contributed by atoms with E-state index in [0.29, 0.717) is 30.6 Å². The predicted octanol–water partition coefficient (Wildman–Crippen LogP) is 2.34. The molecule has 5 heteroatoms. The molecular weight excluding hydrogens is 244 g/mol. The van der Waals surface area contributed by atoms with Gasteiger partial charge in [-0.05, 0) is 25.0 Å². The van der Waals surface area contributed by atoms with Gasteiger partial charge in [-0.1, -0.05) is 18.9 Å². The van der Waals surface area contributed by atoms with Crippen LogP contribution in [0.1, 0.15) is 36.0 Å². The first-order chi connectivity index (χ1) is 9.18.